The van der Waals surface area contributed by atoms with Crippen LogP contribution in [0.5, 0.6) is 0 Å². The lowest BCUT2D eigenvalue weighted by Gasteiger charge is -2.21. The summed E-state index contributed by atoms with van der Waals surface area (Å²) in [6, 6.07) is 13.8. The lowest BCUT2D eigenvalue weighted by atomic mass is 10.1. The number of amides is 1. The van der Waals surface area contributed by atoms with Gasteiger partial charge in [-0.05, 0) is 36.8 Å². The summed E-state index contributed by atoms with van der Waals surface area (Å²) in [6.45, 7) is 4.34. The van der Waals surface area contributed by atoms with Crippen LogP contribution in [0.25, 0.3) is 0 Å². The fraction of sp³-hybridized carbons (Fsp3) is 0.278. The van der Waals surface area contributed by atoms with Crippen molar-refractivity contribution < 1.29 is 13.2 Å². The molecule has 0 unspecified atom stereocenters. The normalized spacial score (nSPS) is 11.3. The molecule has 25 heavy (non-hydrogen) atoms. The molecule has 0 bridgehead atoms. The van der Waals surface area contributed by atoms with Crippen molar-refractivity contribution in [1.29, 1.82) is 0 Å². The van der Waals surface area contributed by atoms with Crippen molar-refractivity contribution in [1.82, 2.24) is 9.62 Å². The van der Waals surface area contributed by atoms with E-state index in [1.807, 2.05) is 31.2 Å². The average Bonchev–Trinajstić information content (AvgIpc) is 2.56. The van der Waals surface area contributed by atoms with Crippen LogP contribution in [-0.4, -0.2) is 32.3 Å². The van der Waals surface area contributed by atoms with Gasteiger partial charge in [0.1, 0.15) is 0 Å². The van der Waals surface area contributed by atoms with E-state index in [1.165, 1.54) is 31.2 Å². The summed E-state index contributed by atoms with van der Waals surface area (Å²) in [5.74, 6) is -0.105. The maximum absolute atomic E-state index is 12.2. The van der Waals surface area contributed by atoms with Gasteiger partial charge >= 0.3 is 0 Å². The summed E-state index contributed by atoms with van der Waals surface area (Å²) < 4.78 is 27.0. The van der Waals surface area contributed by atoms with Crippen LogP contribution in [0.2, 0.25) is 5.02 Å². The number of rotatable bonds is 7. The largest absolute Gasteiger partial charge is 0.337 e. The van der Waals surface area contributed by atoms with Gasteiger partial charge in [0.25, 0.3) is 0 Å². The molecule has 0 aliphatic carbocycles. The van der Waals surface area contributed by atoms with Crippen LogP contribution in [0.15, 0.2) is 53.4 Å². The number of hydrogen-bond donors (Lipinski definition) is 1. The lowest BCUT2D eigenvalue weighted by molar-refractivity contribution is -0.129. The minimum Gasteiger partial charge on any atom is -0.337 e. The Morgan fingerprint density at radius 2 is 1.68 bits per heavy atom. The Morgan fingerprint density at radius 3 is 2.24 bits per heavy atom. The summed E-state index contributed by atoms with van der Waals surface area (Å²) in [5.41, 5.74) is 2.15. The van der Waals surface area contributed by atoms with Gasteiger partial charge in [-0.2, -0.15) is 0 Å². The van der Waals surface area contributed by atoms with Crippen molar-refractivity contribution in [3.63, 3.8) is 0 Å². The zero-order valence-electron chi connectivity index (χ0n) is 14.2. The van der Waals surface area contributed by atoms with Crippen LogP contribution in [0.4, 0.5) is 0 Å². The van der Waals surface area contributed by atoms with E-state index in [0.29, 0.717) is 11.6 Å². The highest BCUT2D eigenvalue weighted by molar-refractivity contribution is 7.89. The molecule has 2 aromatic rings. The summed E-state index contributed by atoms with van der Waals surface area (Å²) in [7, 11) is -3.62. The SMILES string of the molecule is CC(=O)N(CCNS(=O)(=O)c1ccc(Cl)cc1)Cc1ccc(C)cc1. The molecule has 0 aliphatic heterocycles. The Hall–Kier alpha value is -1.89. The van der Waals surface area contributed by atoms with Crippen molar-refractivity contribution in [3.8, 4) is 0 Å². The number of sulfonamides is 1. The van der Waals surface area contributed by atoms with Crippen LogP contribution >= 0.6 is 11.6 Å². The minimum atomic E-state index is -3.62. The first-order valence-corrected chi connectivity index (χ1v) is 9.70. The fourth-order valence-electron chi connectivity index (χ4n) is 2.27. The minimum absolute atomic E-state index is 0.105. The van der Waals surface area contributed by atoms with Crippen molar-refractivity contribution in [3.05, 3.63) is 64.7 Å². The van der Waals surface area contributed by atoms with Gasteiger partial charge in [-0.3, -0.25) is 4.79 Å². The van der Waals surface area contributed by atoms with Crippen molar-refractivity contribution >= 4 is 27.5 Å². The Bertz CT molecular complexity index is 818. The number of halogens is 1. The average molecular weight is 381 g/mol. The molecule has 5 nitrogen and oxygen atoms in total. The zero-order valence-corrected chi connectivity index (χ0v) is 15.8. The third-order valence-electron chi connectivity index (χ3n) is 3.74. The predicted octanol–water partition coefficient (Wildman–Crippen LogP) is 2.98. The van der Waals surface area contributed by atoms with Crippen molar-refractivity contribution in [2.75, 3.05) is 13.1 Å². The number of aryl methyl sites for hydroxylation is 1. The third-order valence-corrected chi connectivity index (χ3v) is 5.47. The zero-order chi connectivity index (χ0) is 18.4. The number of carbonyl (C=O) groups excluding carboxylic acids is 1. The molecule has 0 saturated heterocycles. The molecule has 2 rings (SSSR count). The quantitative estimate of drug-likeness (QED) is 0.803. The second-order valence-corrected chi connectivity index (χ2v) is 7.98. The van der Waals surface area contributed by atoms with E-state index in [2.05, 4.69) is 4.72 Å². The number of nitrogens with one attached hydrogen (secondary N) is 1. The first-order chi connectivity index (χ1) is 11.8. The van der Waals surface area contributed by atoms with Crippen molar-refractivity contribution in [2.45, 2.75) is 25.3 Å². The van der Waals surface area contributed by atoms with Crippen LogP contribution < -0.4 is 4.72 Å². The Kier molecular flexibility index (Phi) is 6.58. The van der Waals surface area contributed by atoms with Gasteiger partial charge in [0.15, 0.2) is 0 Å². The standard InChI is InChI=1S/C18H21ClN2O3S/c1-14-3-5-16(6-4-14)13-21(15(2)22)12-11-20-25(23,24)18-9-7-17(19)8-10-18/h3-10,20H,11-13H2,1-2H3. The third kappa shape index (κ3) is 5.85. The topological polar surface area (TPSA) is 66.5 Å². The van der Waals surface area contributed by atoms with Gasteiger partial charge in [0, 0.05) is 31.6 Å². The first-order valence-electron chi connectivity index (χ1n) is 7.84. The van der Waals surface area contributed by atoms with Gasteiger partial charge in [-0.1, -0.05) is 41.4 Å². The fourth-order valence-corrected chi connectivity index (χ4v) is 3.42. The summed E-state index contributed by atoms with van der Waals surface area (Å²) in [4.78, 5) is 13.6. The first kappa shape index (κ1) is 19.4. The molecule has 0 atom stereocenters. The van der Waals surface area contributed by atoms with Crippen LogP contribution in [-0.2, 0) is 21.4 Å². The molecular formula is C18H21ClN2O3S. The van der Waals surface area contributed by atoms with Gasteiger partial charge in [-0.25, -0.2) is 13.1 Å². The molecule has 1 N–H and O–H groups in total. The summed E-state index contributed by atoms with van der Waals surface area (Å²) in [5, 5.41) is 0.472. The highest BCUT2D eigenvalue weighted by atomic mass is 35.5. The summed E-state index contributed by atoms with van der Waals surface area (Å²) >= 11 is 5.77. The van der Waals surface area contributed by atoms with E-state index in [4.69, 9.17) is 11.6 Å². The number of benzene rings is 2. The van der Waals surface area contributed by atoms with Gasteiger partial charge < -0.3 is 4.90 Å². The van der Waals surface area contributed by atoms with E-state index in [9.17, 15) is 13.2 Å². The summed E-state index contributed by atoms with van der Waals surface area (Å²) in [6.07, 6.45) is 0. The predicted molar refractivity (Wildman–Crippen MR) is 98.9 cm³/mol. The van der Waals surface area contributed by atoms with E-state index in [0.717, 1.165) is 11.1 Å². The molecule has 1 amide bonds. The number of carbonyl (C=O) groups is 1. The molecule has 0 fully saturated rings. The molecule has 0 aromatic heterocycles. The van der Waals surface area contributed by atoms with E-state index in [-0.39, 0.29) is 23.9 Å². The molecule has 0 saturated carbocycles. The maximum Gasteiger partial charge on any atom is 0.240 e. The molecule has 7 heteroatoms. The van der Waals surface area contributed by atoms with Gasteiger partial charge in [0.05, 0.1) is 4.90 Å². The van der Waals surface area contributed by atoms with Crippen LogP contribution in [0.3, 0.4) is 0 Å². The van der Waals surface area contributed by atoms with Gasteiger partial charge in [0.2, 0.25) is 15.9 Å². The lowest BCUT2D eigenvalue weighted by Crippen LogP contribution is -2.37. The monoisotopic (exact) mass is 380 g/mol. The maximum atomic E-state index is 12.2. The molecule has 134 valence electrons. The van der Waals surface area contributed by atoms with Gasteiger partial charge in [-0.15, -0.1) is 0 Å². The molecule has 0 radical (unpaired) electrons. The van der Waals surface area contributed by atoms with E-state index in [1.54, 1.807) is 4.90 Å². The Morgan fingerprint density at radius 1 is 1.08 bits per heavy atom. The smallest absolute Gasteiger partial charge is 0.240 e. The molecule has 0 heterocycles. The molecule has 0 spiro atoms. The number of nitrogens with zero attached hydrogens (tertiary/aromatic N) is 1. The second-order valence-electron chi connectivity index (χ2n) is 5.78. The highest BCUT2D eigenvalue weighted by Gasteiger charge is 2.15. The highest BCUT2D eigenvalue weighted by Crippen LogP contribution is 2.13. The molecule has 2 aromatic carbocycles. The van der Waals surface area contributed by atoms with Crippen LogP contribution in [0, 0.1) is 6.92 Å². The number of hydrogen-bond acceptors (Lipinski definition) is 3. The second kappa shape index (κ2) is 8.47. The van der Waals surface area contributed by atoms with Crippen molar-refractivity contribution in [2.24, 2.45) is 0 Å². The molecule has 0 aliphatic rings. The van der Waals surface area contributed by atoms with Crippen LogP contribution in [0.1, 0.15) is 18.1 Å². The Balaban J connectivity index is 1.95. The van der Waals surface area contributed by atoms with E-state index < -0.39 is 10.0 Å². The Labute approximate surface area is 153 Å². The van der Waals surface area contributed by atoms with E-state index >= 15 is 0 Å². The molecular weight excluding hydrogens is 360 g/mol.